The molecule has 0 atom stereocenters. The van der Waals surface area contributed by atoms with E-state index in [1.54, 1.807) is 0 Å². The molecule has 3 rings (SSSR count). The van der Waals surface area contributed by atoms with Gasteiger partial charge in [-0.2, -0.15) is 16.9 Å². The number of ether oxygens (including phenoxy) is 1. The first-order valence-electron chi connectivity index (χ1n) is 7.52. The lowest BCUT2D eigenvalue weighted by Crippen LogP contribution is -2.42. The number of aromatic nitrogens is 3. The van der Waals surface area contributed by atoms with E-state index in [0.717, 1.165) is 30.3 Å². The maximum absolute atomic E-state index is 6.01. The van der Waals surface area contributed by atoms with Crippen LogP contribution in [0.1, 0.15) is 11.6 Å². The quantitative estimate of drug-likeness (QED) is 0.632. The Morgan fingerprint density at radius 2 is 2.09 bits per heavy atom. The topological polar surface area (TPSA) is 92.4 Å². The van der Waals surface area contributed by atoms with Crippen LogP contribution in [-0.4, -0.2) is 50.6 Å². The van der Waals surface area contributed by atoms with Gasteiger partial charge in [0.25, 0.3) is 0 Å². The summed E-state index contributed by atoms with van der Waals surface area (Å²) in [6.45, 7) is 2.62. The molecule has 7 nitrogen and oxygen atoms in total. The maximum atomic E-state index is 6.01. The highest BCUT2D eigenvalue weighted by atomic mass is 32.2. The molecule has 0 amide bonds. The van der Waals surface area contributed by atoms with E-state index in [0.29, 0.717) is 30.8 Å². The number of nitrogens with zero attached hydrogens (tertiary/aromatic N) is 4. The van der Waals surface area contributed by atoms with Crippen molar-refractivity contribution >= 4 is 17.7 Å². The summed E-state index contributed by atoms with van der Waals surface area (Å²) in [4.78, 5) is 10.8. The molecule has 3 N–H and O–H groups in total. The Balaban J connectivity index is 1.50. The Morgan fingerprint density at radius 3 is 2.87 bits per heavy atom. The number of para-hydroxylation sites is 1. The molecule has 8 heteroatoms. The van der Waals surface area contributed by atoms with Gasteiger partial charge in [0.05, 0.1) is 0 Å². The van der Waals surface area contributed by atoms with Gasteiger partial charge in [0.2, 0.25) is 0 Å². The zero-order valence-electron chi connectivity index (χ0n) is 12.8. The van der Waals surface area contributed by atoms with Gasteiger partial charge in [-0.3, -0.25) is 5.10 Å². The summed E-state index contributed by atoms with van der Waals surface area (Å²) in [6.07, 6.45) is 0. The SMILES string of the molecule is NC(=NCc1n[nH]c(COc2ccccc2)n1)N1CCSCC1. The van der Waals surface area contributed by atoms with E-state index in [4.69, 9.17) is 10.5 Å². The molecule has 2 heterocycles. The van der Waals surface area contributed by atoms with Crippen molar-refractivity contribution in [1.82, 2.24) is 20.1 Å². The van der Waals surface area contributed by atoms with Gasteiger partial charge in [0.1, 0.15) is 18.9 Å². The second-order valence-electron chi connectivity index (χ2n) is 5.07. The standard InChI is InChI=1S/C15H20N6OS/c16-15(21-6-8-23-9-7-21)17-10-13-18-14(20-19-13)11-22-12-4-2-1-3-5-12/h1-5H,6-11H2,(H2,16,17)(H,18,19,20). The molecule has 0 spiro atoms. The Morgan fingerprint density at radius 1 is 1.30 bits per heavy atom. The number of benzene rings is 1. The first-order chi connectivity index (χ1) is 11.3. The minimum atomic E-state index is 0.347. The van der Waals surface area contributed by atoms with Crippen molar-refractivity contribution < 1.29 is 4.74 Å². The summed E-state index contributed by atoms with van der Waals surface area (Å²) in [6, 6.07) is 9.61. The highest BCUT2D eigenvalue weighted by Gasteiger charge is 2.12. The Kier molecular flexibility index (Phi) is 5.36. The highest BCUT2D eigenvalue weighted by molar-refractivity contribution is 7.99. The molecular weight excluding hydrogens is 312 g/mol. The number of nitrogens with one attached hydrogen (secondary N) is 1. The molecule has 1 aliphatic rings. The van der Waals surface area contributed by atoms with Crippen LogP contribution in [-0.2, 0) is 13.2 Å². The summed E-state index contributed by atoms with van der Waals surface area (Å²) in [7, 11) is 0. The van der Waals surface area contributed by atoms with Crippen molar-refractivity contribution in [2.45, 2.75) is 13.2 Å². The molecule has 0 bridgehead atoms. The van der Waals surface area contributed by atoms with E-state index < -0.39 is 0 Å². The summed E-state index contributed by atoms with van der Waals surface area (Å²) in [5.41, 5.74) is 6.01. The fourth-order valence-electron chi connectivity index (χ4n) is 2.18. The first-order valence-corrected chi connectivity index (χ1v) is 8.67. The zero-order valence-corrected chi connectivity index (χ0v) is 13.6. The third kappa shape index (κ3) is 4.62. The number of hydrogen-bond donors (Lipinski definition) is 2. The molecule has 1 saturated heterocycles. The lowest BCUT2D eigenvalue weighted by atomic mass is 10.3. The number of guanidine groups is 1. The molecule has 0 saturated carbocycles. The van der Waals surface area contributed by atoms with Crippen LogP contribution in [0.2, 0.25) is 0 Å². The molecule has 0 unspecified atom stereocenters. The summed E-state index contributed by atoms with van der Waals surface area (Å²) in [5.74, 6) is 4.85. The second-order valence-corrected chi connectivity index (χ2v) is 6.30. The molecule has 2 aromatic rings. The van der Waals surface area contributed by atoms with Gasteiger partial charge in [-0.1, -0.05) is 18.2 Å². The van der Waals surface area contributed by atoms with Crippen molar-refractivity contribution in [3.8, 4) is 5.75 Å². The fraction of sp³-hybridized carbons (Fsp3) is 0.400. The van der Waals surface area contributed by atoms with Crippen LogP contribution in [0.15, 0.2) is 35.3 Å². The molecule has 1 aliphatic heterocycles. The van der Waals surface area contributed by atoms with Crippen molar-refractivity contribution in [1.29, 1.82) is 0 Å². The lowest BCUT2D eigenvalue weighted by molar-refractivity contribution is 0.296. The molecule has 0 aliphatic carbocycles. The maximum Gasteiger partial charge on any atom is 0.191 e. The van der Waals surface area contributed by atoms with Gasteiger partial charge in [-0.15, -0.1) is 0 Å². The third-order valence-electron chi connectivity index (χ3n) is 3.41. The molecule has 0 radical (unpaired) electrons. The predicted molar refractivity (Wildman–Crippen MR) is 91.4 cm³/mol. The fourth-order valence-corrected chi connectivity index (χ4v) is 3.09. The molecular formula is C15H20N6OS. The molecule has 1 fully saturated rings. The van der Waals surface area contributed by atoms with Gasteiger partial charge < -0.3 is 15.4 Å². The van der Waals surface area contributed by atoms with Crippen molar-refractivity contribution in [2.24, 2.45) is 10.7 Å². The van der Waals surface area contributed by atoms with Crippen molar-refractivity contribution in [2.75, 3.05) is 24.6 Å². The normalized spacial score (nSPS) is 15.7. The average Bonchev–Trinajstić information content (AvgIpc) is 3.07. The second kappa shape index (κ2) is 7.87. The zero-order chi connectivity index (χ0) is 15.9. The van der Waals surface area contributed by atoms with Crippen LogP contribution in [0.25, 0.3) is 0 Å². The molecule has 1 aromatic heterocycles. The first kappa shape index (κ1) is 15.7. The monoisotopic (exact) mass is 332 g/mol. The van der Waals surface area contributed by atoms with E-state index >= 15 is 0 Å². The molecule has 122 valence electrons. The number of H-pyrrole nitrogens is 1. The van der Waals surface area contributed by atoms with E-state index in [9.17, 15) is 0 Å². The van der Waals surface area contributed by atoms with Crippen LogP contribution < -0.4 is 10.5 Å². The van der Waals surface area contributed by atoms with Gasteiger partial charge >= 0.3 is 0 Å². The largest absolute Gasteiger partial charge is 0.486 e. The van der Waals surface area contributed by atoms with Crippen LogP contribution in [0.5, 0.6) is 5.75 Å². The number of thioether (sulfide) groups is 1. The Labute approximate surface area is 139 Å². The van der Waals surface area contributed by atoms with Crippen LogP contribution in [0, 0.1) is 0 Å². The summed E-state index contributed by atoms with van der Waals surface area (Å²) >= 11 is 1.94. The van der Waals surface area contributed by atoms with Crippen molar-refractivity contribution in [3.05, 3.63) is 42.0 Å². The van der Waals surface area contributed by atoms with Gasteiger partial charge in [0.15, 0.2) is 17.6 Å². The van der Waals surface area contributed by atoms with Gasteiger partial charge in [0, 0.05) is 24.6 Å². The number of nitrogens with two attached hydrogens (primary N) is 1. The average molecular weight is 332 g/mol. The lowest BCUT2D eigenvalue weighted by Gasteiger charge is -2.27. The number of hydrogen-bond acceptors (Lipinski definition) is 5. The van der Waals surface area contributed by atoms with E-state index in [2.05, 4.69) is 25.1 Å². The van der Waals surface area contributed by atoms with Crippen LogP contribution in [0.4, 0.5) is 0 Å². The summed E-state index contributed by atoms with van der Waals surface area (Å²) < 4.78 is 5.62. The minimum absolute atomic E-state index is 0.347. The summed E-state index contributed by atoms with van der Waals surface area (Å²) in [5, 5.41) is 7.01. The van der Waals surface area contributed by atoms with E-state index in [-0.39, 0.29) is 0 Å². The number of aliphatic imine (C=N–C) groups is 1. The Bertz CT molecular complexity index is 638. The number of aromatic amines is 1. The molecule has 23 heavy (non-hydrogen) atoms. The van der Waals surface area contributed by atoms with Gasteiger partial charge in [-0.25, -0.2) is 9.98 Å². The third-order valence-corrected chi connectivity index (χ3v) is 4.36. The Hall–Kier alpha value is -2.22. The van der Waals surface area contributed by atoms with E-state index in [1.165, 1.54) is 0 Å². The molecule has 1 aromatic carbocycles. The van der Waals surface area contributed by atoms with Crippen molar-refractivity contribution in [3.63, 3.8) is 0 Å². The van der Waals surface area contributed by atoms with Crippen LogP contribution >= 0.6 is 11.8 Å². The highest BCUT2D eigenvalue weighted by Crippen LogP contribution is 2.10. The van der Waals surface area contributed by atoms with Crippen LogP contribution in [0.3, 0.4) is 0 Å². The minimum Gasteiger partial charge on any atom is -0.486 e. The smallest absolute Gasteiger partial charge is 0.191 e. The van der Waals surface area contributed by atoms with E-state index in [1.807, 2.05) is 42.1 Å². The predicted octanol–water partition coefficient (Wildman–Crippen LogP) is 1.25. The van der Waals surface area contributed by atoms with Gasteiger partial charge in [-0.05, 0) is 12.1 Å². The number of rotatable bonds is 5.